The lowest BCUT2D eigenvalue weighted by atomic mass is 10.2. The Morgan fingerprint density at radius 1 is 1.14 bits per heavy atom. The van der Waals surface area contributed by atoms with Crippen molar-refractivity contribution in [3.05, 3.63) is 39.6 Å². The smallest absolute Gasteiger partial charge is 0.0764 e. The summed E-state index contributed by atoms with van der Waals surface area (Å²) >= 11 is 13.8. The maximum atomic E-state index is 9.17. The molecule has 2 aromatic rings. The van der Waals surface area contributed by atoms with E-state index in [0.717, 1.165) is 34.0 Å². The van der Waals surface area contributed by atoms with E-state index in [1.165, 1.54) is 0 Å². The maximum absolute atomic E-state index is 9.17. The van der Waals surface area contributed by atoms with Gasteiger partial charge < -0.3 is 5.11 Å². The molecule has 0 bridgehead atoms. The Morgan fingerprint density at radius 3 is 2.33 bits per heavy atom. The molecule has 0 spiro atoms. The molecule has 0 amide bonds. The Morgan fingerprint density at radius 2 is 1.81 bits per heavy atom. The van der Waals surface area contributed by atoms with E-state index < -0.39 is 0 Å². The predicted octanol–water partition coefficient (Wildman–Crippen LogP) is 4.46. The quantitative estimate of drug-likeness (QED) is 0.840. The highest BCUT2D eigenvalue weighted by Crippen LogP contribution is 2.36. The van der Waals surface area contributed by atoms with E-state index >= 15 is 0 Å². The molecule has 0 aliphatic heterocycles. The summed E-state index contributed by atoms with van der Waals surface area (Å²) in [5.41, 5.74) is 2.18. The molecular formula is C15H18Cl2N2OS. The summed E-state index contributed by atoms with van der Waals surface area (Å²) in [6.07, 6.45) is 1.71. The van der Waals surface area contributed by atoms with Crippen LogP contribution in [0, 0.1) is 0 Å². The molecule has 0 radical (unpaired) electrons. The Kier molecular flexibility index (Phi) is 5.99. The summed E-state index contributed by atoms with van der Waals surface area (Å²) in [4.78, 5) is 2.15. The minimum absolute atomic E-state index is 0.0882. The standard InChI is InChI=1S/C15H18Cl2N2OS/c1-3-13-15(14(4-2)19(18-13)5-6-20)21-12-8-10(16)7-11(17)9-12/h7-9,20H,3-6H2,1-2H3. The number of aromatic nitrogens is 2. The zero-order valence-electron chi connectivity index (χ0n) is 12.1. The van der Waals surface area contributed by atoms with Crippen LogP contribution in [0.2, 0.25) is 10.0 Å². The molecule has 1 N–H and O–H groups in total. The van der Waals surface area contributed by atoms with Gasteiger partial charge >= 0.3 is 0 Å². The Labute approximate surface area is 139 Å². The number of hydrogen-bond donors (Lipinski definition) is 1. The Balaban J connectivity index is 2.41. The molecule has 0 atom stereocenters. The summed E-state index contributed by atoms with van der Waals surface area (Å²) in [6, 6.07) is 5.53. The Bertz CT molecular complexity index is 608. The lowest BCUT2D eigenvalue weighted by Crippen LogP contribution is -2.07. The van der Waals surface area contributed by atoms with E-state index in [2.05, 4.69) is 18.9 Å². The van der Waals surface area contributed by atoms with Gasteiger partial charge in [-0.25, -0.2) is 0 Å². The number of nitrogens with zero attached hydrogens (tertiary/aromatic N) is 2. The average molecular weight is 345 g/mol. The second-order valence-electron chi connectivity index (χ2n) is 4.58. The van der Waals surface area contributed by atoms with Crippen LogP contribution in [0.3, 0.4) is 0 Å². The lowest BCUT2D eigenvalue weighted by Gasteiger charge is -2.07. The van der Waals surface area contributed by atoms with Gasteiger partial charge in [0.1, 0.15) is 0 Å². The van der Waals surface area contributed by atoms with Gasteiger partial charge in [0.25, 0.3) is 0 Å². The fourth-order valence-corrected chi connectivity index (χ4v) is 4.15. The second kappa shape index (κ2) is 7.54. The van der Waals surface area contributed by atoms with Gasteiger partial charge in [-0.05, 0) is 31.0 Å². The molecule has 3 nitrogen and oxygen atoms in total. The van der Waals surface area contributed by atoms with Crippen molar-refractivity contribution in [1.29, 1.82) is 0 Å². The molecule has 0 aliphatic rings. The van der Waals surface area contributed by atoms with Crippen molar-refractivity contribution in [3.8, 4) is 0 Å². The third-order valence-electron chi connectivity index (χ3n) is 3.11. The number of aryl methyl sites for hydroxylation is 1. The monoisotopic (exact) mass is 344 g/mol. The highest BCUT2D eigenvalue weighted by atomic mass is 35.5. The molecule has 2 rings (SSSR count). The highest BCUT2D eigenvalue weighted by molar-refractivity contribution is 7.99. The zero-order chi connectivity index (χ0) is 15.4. The first-order chi connectivity index (χ1) is 10.1. The van der Waals surface area contributed by atoms with E-state index in [0.29, 0.717) is 16.6 Å². The number of benzene rings is 1. The summed E-state index contributed by atoms with van der Waals surface area (Å²) in [6.45, 7) is 4.79. The first-order valence-electron chi connectivity index (χ1n) is 6.92. The molecule has 0 aliphatic carbocycles. The predicted molar refractivity (Wildman–Crippen MR) is 88.7 cm³/mol. The molecule has 1 heterocycles. The van der Waals surface area contributed by atoms with Gasteiger partial charge in [0.15, 0.2) is 0 Å². The molecule has 1 aromatic carbocycles. The van der Waals surface area contributed by atoms with Crippen LogP contribution in [0.25, 0.3) is 0 Å². The largest absolute Gasteiger partial charge is 0.394 e. The van der Waals surface area contributed by atoms with Crippen LogP contribution in [-0.4, -0.2) is 21.5 Å². The van der Waals surface area contributed by atoms with Gasteiger partial charge in [-0.3, -0.25) is 4.68 Å². The van der Waals surface area contributed by atoms with Gasteiger partial charge in [0.2, 0.25) is 0 Å². The summed E-state index contributed by atoms with van der Waals surface area (Å²) in [5.74, 6) is 0. The second-order valence-corrected chi connectivity index (χ2v) is 6.54. The van der Waals surface area contributed by atoms with E-state index in [9.17, 15) is 5.11 Å². The van der Waals surface area contributed by atoms with Crippen LogP contribution >= 0.6 is 35.0 Å². The first-order valence-corrected chi connectivity index (χ1v) is 8.49. The van der Waals surface area contributed by atoms with Crippen LogP contribution in [0.4, 0.5) is 0 Å². The van der Waals surface area contributed by atoms with Crippen molar-refractivity contribution >= 4 is 35.0 Å². The highest BCUT2D eigenvalue weighted by Gasteiger charge is 2.16. The summed E-state index contributed by atoms with van der Waals surface area (Å²) in [7, 11) is 0. The maximum Gasteiger partial charge on any atom is 0.0764 e. The normalized spacial score (nSPS) is 11.1. The first kappa shape index (κ1) is 16.7. The minimum Gasteiger partial charge on any atom is -0.394 e. The topological polar surface area (TPSA) is 38.0 Å². The van der Waals surface area contributed by atoms with Crippen molar-refractivity contribution in [2.75, 3.05) is 6.61 Å². The van der Waals surface area contributed by atoms with Crippen LogP contribution < -0.4 is 0 Å². The molecule has 0 saturated heterocycles. The summed E-state index contributed by atoms with van der Waals surface area (Å²) < 4.78 is 1.90. The minimum atomic E-state index is 0.0882. The van der Waals surface area contributed by atoms with Gasteiger partial charge in [-0.2, -0.15) is 5.10 Å². The van der Waals surface area contributed by atoms with Crippen molar-refractivity contribution in [2.45, 2.75) is 43.0 Å². The number of halogens is 2. The zero-order valence-corrected chi connectivity index (χ0v) is 14.4. The number of rotatable bonds is 6. The van der Waals surface area contributed by atoms with Crippen LogP contribution in [0.5, 0.6) is 0 Å². The molecule has 6 heteroatoms. The van der Waals surface area contributed by atoms with Crippen molar-refractivity contribution in [3.63, 3.8) is 0 Å². The van der Waals surface area contributed by atoms with E-state index in [1.54, 1.807) is 17.8 Å². The van der Waals surface area contributed by atoms with Crippen molar-refractivity contribution in [1.82, 2.24) is 9.78 Å². The van der Waals surface area contributed by atoms with Crippen LogP contribution in [0.15, 0.2) is 28.0 Å². The van der Waals surface area contributed by atoms with Crippen molar-refractivity contribution < 1.29 is 5.11 Å². The van der Waals surface area contributed by atoms with Gasteiger partial charge in [-0.1, -0.05) is 48.8 Å². The van der Waals surface area contributed by atoms with Crippen LogP contribution in [0.1, 0.15) is 25.2 Å². The lowest BCUT2D eigenvalue weighted by molar-refractivity contribution is 0.267. The SMILES string of the molecule is CCc1nn(CCO)c(CC)c1Sc1cc(Cl)cc(Cl)c1. The fraction of sp³-hybridized carbons (Fsp3) is 0.400. The number of hydrogen-bond acceptors (Lipinski definition) is 3. The molecule has 0 unspecified atom stereocenters. The third-order valence-corrected chi connectivity index (χ3v) is 4.70. The Hall–Kier alpha value is -0.680. The van der Waals surface area contributed by atoms with E-state index in [-0.39, 0.29) is 6.61 Å². The van der Waals surface area contributed by atoms with Crippen molar-refractivity contribution in [2.24, 2.45) is 0 Å². The molecule has 21 heavy (non-hydrogen) atoms. The number of aliphatic hydroxyl groups is 1. The van der Waals surface area contributed by atoms with Gasteiger partial charge in [-0.15, -0.1) is 0 Å². The molecule has 114 valence electrons. The number of aliphatic hydroxyl groups excluding tert-OH is 1. The van der Waals surface area contributed by atoms with Gasteiger partial charge in [0.05, 0.1) is 29.4 Å². The summed E-state index contributed by atoms with van der Waals surface area (Å²) in [5, 5.41) is 15.0. The van der Waals surface area contributed by atoms with E-state index in [1.807, 2.05) is 16.8 Å². The molecule has 0 saturated carbocycles. The molecular weight excluding hydrogens is 327 g/mol. The fourth-order valence-electron chi connectivity index (χ4n) is 2.21. The third kappa shape index (κ3) is 3.95. The van der Waals surface area contributed by atoms with E-state index in [4.69, 9.17) is 23.2 Å². The molecule has 0 fully saturated rings. The van der Waals surface area contributed by atoms with Gasteiger partial charge in [0, 0.05) is 14.9 Å². The molecule has 1 aromatic heterocycles. The van der Waals surface area contributed by atoms with Crippen LogP contribution in [-0.2, 0) is 19.4 Å². The average Bonchev–Trinajstić information content (AvgIpc) is 2.75.